The maximum Gasteiger partial charge on any atom is 0.0605 e. The zero-order valence-electron chi connectivity index (χ0n) is 8.18. The van der Waals surface area contributed by atoms with Gasteiger partial charge in [0, 0.05) is 19.6 Å². The van der Waals surface area contributed by atoms with Crippen molar-refractivity contribution in [2.45, 2.75) is 25.9 Å². The third-order valence-electron chi connectivity index (χ3n) is 2.46. The Morgan fingerprint density at radius 1 is 1.38 bits per heavy atom. The van der Waals surface area contributed by atoms with Crippen LogP contribution >= 0.6 is 0 Å². The number of aliphatic hydroxyl groups is 1. The molecule has 1 fully saturated rings. The fourth-order valence-electron chi connectivity index (χ4n) is 1.91. The van der Waals surface area contributed by atoms with Crippen LogP contribution in [0.2, 0.25) is 0 Å². The second-order valence-electron chi connectivity index (χ2n) is 3.64. The van der Waals surface area contributed by atoms with Crippen LogP contribution in [-0.2, 0) is 0 Å². The Hall–Kier alpha value is -0.680. The first-order valence-electron chi connectivity index (χ1n) is 4.64. The zero-order valence-corrected chi connectivity index (χ0v) is 8.18. The molecule has 76 valence electrons. The van der Waals surface area contributed by atoms with Gasteiger partial charge >= 0.3 is 0 Å². The molecule has 0 saturated carbocycles. The van der Waals surface area contributed by atoms with E-state index in [1.54, 1.807) is 5.01 Å². The van der Waals surface area contributed by atoms with Gasteiger partial charge in [-0.05, 0) is 13.8 Å². The summed E-state index contributed by atoms with van der Waals surface area (Å²) in [6, 6.07) is 0.292. The van der Waals surface area contributed by atoms with Crippen molar-refractivity contribution < 1.29 is 5.11 Å². The van der Waals surface area contributed by atoms with Gasteiger partial charge < -0.3 is 5.11 Å². The van der Waals surface area contributed by atoms with Gasteiger partial charge in [-0.25, -0.2) is 0 Å². The maximum absolute atomic E-state index is 10.5. The van der Waals surface area contributed by atoms with E-state index in [1.807, 2.05) is 13.8 Å². The Morgan fingerprint density at radius 3 is 2.31 bits per heavy atom. The van der Waals surface area contributed by atoms with Gasteiger partial charge in [-0.1, -0.05) is 0 Å². The number of rotatable bonds is 3. The number of hydrogen-bond donors (Lipinski definition) is 1. The van der Waals surface area contributed by atoms with E-state index in [-0.39, 0.29) is 18.7 Å². The van der Waals surface area contributed by atoms with Crippen molar-refractivity contribution in [3.05, 3.63) is 4.91 Å². The Morgan fingerprint density at radius 2 is 1.92 bits per heavy atom. The van der Waals surface area contributed by atoms with Crippen LogP contribution in [0.25, 0.3) is 0 Å². The average Bonchev–Trinajstić information content (AvgIpc) is 2.04. The summed E-state index contributed by atoms with van der Waals surface area (Å²) >= 11 is 0. The van der Waals surface area contributed by atoms with Crippen molar-refractivity contribution in [2.24, 2.45) is 5.29 Å². The van der Waals surface area contributed by atoms with Crippen LogP contribution in [0, 0.1) is 4.91 Å². The summed E-state index contributed by atoms with van der Waals surface area (Å²) < 4.78 is 0. The molecule has 2 unspecified atom stereocenters. The number of nitroso groups, excluding NO2 is 1. The molecule has 1 N–H and O–H groups in total. The Balaban J connectivity index is 2.50. The van der Waals surface area contributed by atoms with E-state index in [4.69, 9.17) is 5.11 Å². The highest BCUT2D eigenvalue weighted by molar-refractivity contribution is 4.82. The predicted molar refractivity (Wildman–Crippen MR) is 50.1 cm³/mol. The molecule has 1 aliphatic rings. The molecule has 5 nitrogen and oxygen atoms in total. The minimum absolute atomic E-state index is 0.146. The monoisotopic (exact) mass is 187 g/mol. The van der Waals surface area contributed by atoms with Crippen molar-refractivity contribution in [1.82, 2.24) is 9.91 Å². The Labute approximate surface area is 78.3 Å². The first-order valence-corrected chi connectivity index (χ1v) is 4.64. The molecule has 0 aromatic carbocycles. The van der Waals surface area contributed by atoms with Crippen LogP contribution in [0.4, 0.5) is 0 Å². The van der Waals surface area contributed by atoms with E-state index in [0.29, 0.717) is 6.54 Å². The first kappa shape index (κ1) is 10.4. The van der Waals surface area contributed by atoms with E-state index in [2.05, 4.69) is 10.2 Å². The predicted octanol–water partition coefficient (Wildman–Crippen LogP) is 0.0547. The summed E-state index contributed by atoms with van der Waals surface area (Å²) in [5.41, 5.74) is 0. The summed E-state index contributed by atoms with van der Waals surface area (Å²) in [5, 5.41) is 13.4. The largest absolute Gasteiger partial charge is 0.395 e. The lowest BCUT2D eigenvalue weighted by molar-refractivity contribution is 0.0317. The van der Waals surface area contributed by atoms with Gasteiger partial charge in [0.05, 0.1) is 24.0 Å². The van der Waals surface area contributed by atoms with E-state index >= 15 is 0 Å². The SMILES string of the molecule is CC1CN(CCO)CC(C)N1N=O. The van der Waals surface area contributed by atoms with Crippen LogP contribution in [0.1, 0.15) is 13.8 Å². The lowest BCUT2D eigenvalue weighted by Gasteiger charge is -2.40. The second-order valence-corrected chi connectivity index (χ2v) is 3.64. The average molecular weight is 187 g/mol. The molecule has 0 aromatic rings. The van der Waals surface area contributed by atoms with Crippen LogP contribution in [-0.4, -0.2) is 53.3 Å². The van der Waals surface area contributed by atoms with Crippen molar-refractivity contribution in [1.29, 1.82) is 0 Å². The van der Waals surface area contributed by atoms with E-state index < -0.39 is 0 Å². The van der Waals surface area contributed by atoms with Crippen molar-refractivity contribution in [2.75, 3.05) is 26.2 Å². The number of aliphatic hydroxyl groups excluding tert-OH is 1. The highest BCUT2D eigenvalue weighted by Crippen LogP contribution is 2.14. The molecule has 1 aliphatic heterocycles. The molecule has 0 radical (unpaired) electrons. The summed E-state index contributed by atoms with van der Waals surface area (Å²) in [7, 11) is 0. The van der Waals surface area contributed by atoms with Gasteiger partial charge in [0.15, 0.2) is 0 Å². The minimum atomic E-state index is 0.146. The topological polar surface area (TPSA) is 56.1 Å². The van der Waals surface area contributed by atoms with Gasteiger partial charge in [0.2, 0.25) is 0 Å². The second kappa shape index (κ2) is 4.53. The van der Waals surface area contributed by atoms with Gasteiger partial charge in [0.1, 0.15) is 0 Å². The molecule has 2 atom stereocenters. The summed E-state index contributed by atoms with van der Waals surface area (Å²) in [6.45, 7) is 6.41. The Kier molecular flexibility index (Phi) is 3.62. The quantitative estimate of drug-likeness (QED) is 0.634. The first-order chi connectivity index (χ1) is 6.19. The number of piperazine rings is 1. The van der Waals surface area contributed by atoms with E-state index in [1.165, 1.54) is 0 Å². The molecule has 0 amide bonds. The van der Waals surface area contributed by atoms with Crippen molar-refractivity contribution in [3.63, 3.8) is 0 Å². The third-order valence-corrected chi connectivity index (χ3v) is 2.46. The fourth-order valence-corrected chi connectivity index (χ4v) is 1.91. The standard InChI is InChI=1S/C8H17N3O2/c1-7-5-10(3-4-12)6-8(2)11(7)9-13/h7-8,12H,3-6H2,1-2H3. The van der Waals surface area contributed by atoms with Gasteiger partial charge in [0.25, 0.3) is 0 Å². The molecule has 1 heterocycles. The number of hydrogen-bond acceptors (Lipinski definition) is 4. The molecule has 0 bridgehead atoms. The van der Waals surface area contributed by atoms with Crippen LogP contribution in [0.15, 0.2) is 5.29 Å². The number of β-amino-alcohol motifs (C(OH)–C–C–N with tert-alkyl or cyclic N) is 1. The molecule has 0 aliphatic carbocycles. The molecular formula is C8H17N3O2. The normalized spacial score (nSPS) is 30.5. The van der Waals surface area contributed by atoms with Crippen molar-refractivity contribution >= 4 is 0 Å². The molecule has 0 spiro atoms. The zero-order chi connectivity index (χ0) is 9.84. The van der Waals surface area contributed by atoms with E-state index in [0.717, 1.165) is 13.1 Å². The molecular weight excluding hydrogens is 170 g/mol. The lowest BCUT2D eigenvalue weighted by atomic mass is 10.1. The summed E-state index contributed by atoms with van der Waals surface area (Å²) in [4.78, 5) is 12.6. The molecule has 13 heavy (non-hydrogen) atoms. The van der Waals surface area contributed by atoms with Gasteiger partial charge in [-0.2, -0.15) is 0 Å². The van der Waals surface area contributed by atoms with Gasteiger partial charge in [-0.3, -0.25) is 9.91 Å². The highest BCUT2D eigenvalue weighted by Gasteiger charge is 2.28. The fraction of sp³-hybridized carbons (Fsp3) is 1.00. The lowest BCUT2D eigenvalue weighted by Crippen LogP contribution is -2.54. The highest BCUT2D eigenvalue weighted by atomic mass is 16.3. The summed E-state index contributed by atoms with van der Waals surface area (Å²) in [5.74, 6) is 0. The minimum Gasteiger partial charge on any atom is -0.395 e. The van der Waals surface area contributed by atoms with E-state index in [9.17, 15) is 4.91 Å². The molecule has 5 heteroatoms. The molecule has 1 saturated heterocycles. The maximum atomic E-state index is 10.5. The van der Waals surface area contributed by atoms with Crippen LogP contribution in [0.5, 0.6) is 0 Å². The van der Waals surface area contributed by atoms with Crippen molar-refractivity contribution in [3.8, 4) is 0 Å². The molecule has 1 rings (SSSR count). The third kappa shape index (κ3) is 2.38. The van der Waals surface area contributed by atoms with Gasteiger partial charge in [-0.15, -0.1) is 4.91 Å². The smallest absolute Gasteiger partial charge is 0.0605 e. The van der Waals surface area contributed by atoms with Crippen LogP contribution in [0.3, 0.4) is 0 Å². The summed E-state index contributed by atoms with van der Waals surface area (Å²) in [6.07, 6.45) is 0. The number of nitrogens with zero attached hydrogens (tertiary/aromatic N) is 3. The molecule has 0 aromatic heterocycles. The van der Waals surface area contributed by atoms with Crippen LogP contribution < -0.4 is 0 Å². The Bertz CT molecular complexity index is 165.